The summed E-state index contributed by atoms with van der Waals surface area (Å²) < 4.78 is 0. The van der Waals surface area contributed by atoms with Gasteiger partial charge in [-0.05, 0) is 25.9 Å². The molecule has 60 valence electrons. The van der Waals surface area contributed by atoms with Crippen LogP contribution in [-0.4, -0.2) is 13.1 Å². The number of halogens is 1. The fourth-order valence-electron chi connectivity index (χ4n) is 0.533. The molecule has 0 aliphatic rings. The molecule has 0 amide bonds. The Labute approximate surface area is 80.6 Å². The second-order valence-corrected chi connectivity index (χ2v) is 1.90. The maximum Gasteiger partial charge on any atom is -0.00142 e. The van der Waals surface area contributed by atoms with Gasteiger partial charge in [-0.1, -0.05) is 12.2 Å². The second kappa shape index (κ2) is 11.9. The summed E-state index contributed by atoms with van der Waals surface area (Å²) in [5.74, 6) is 0. The Kier molecular flexibility index (Phi) is 15.3. The summed E-state index contributed by atoms with van der Waals surface area (Å²) in [6.45, 7) is 9.31. The van der Waals surface area contributed by atoms with Crippen LogP contribution in [0, 0.1) is 0 Å². The van der Waals surface area contributed by atoms with Gasteiger partial charge in [-0.3, -0.25) is 0 Å². The van der Waals surface area contributed by atoms with Crippen LogP contribution < -0.4 is 5.32 Å². The zero-order valence-electron chi connectivity index (χ0n) is 6.31. The number of hydrogen-bond acceptors (Lipinski definition) is 1. The lowest BCUT2D eigenvalue weighted by Crippen LogP contribution is -2.15. The fraction of sp³-hybridized carbons (Fsp3) is 0.500. The molecule has 0 aliphatic carbocycles. The average molecular weight is 253 g/mol. The van der Waals surface area contributed by atoms with Crippen LogP contribution in [0.2, 0.25) is 0 Å². The Morgan fingerprint density at radius 1 is 1.00 bits per heavy atom. The van der Waals surface area contributed by atoms with E-state index in [2.05, 4.69) is 18.5 Å². The monoisotopic (exact) mass is 253 g/mol. The van der Waals surface area contributed by atoms with Gasteiger partial charge in [0.1, 0.15) is 0 Å². The number of rotatable bonds is 6. The van der Waals surface area contributed by atoms with Gasteiger partial charge >= 0.3 is 0 Å². The lowest BCUT2D eigenvalue weighted by Gasteiger charge is -1.97. The van der Waals surface area contributed by atoms with Crippen LogP contribution >= 0.6 is 24.0 Å². The summed E-state index contributed by atoms with van der Waals surface area (Å²) in [6.07, 6.45) is 5.94. The predicted molar refractivity (Wildman–Crippen MR) is 57.9 cm³/mol. The molecule has 0 saturated heterocycles. The Morgan fingerprint density at radius 2 is 1.40 bits per heavy atom. The van der Waals surface area contributed by atoms with Crippen LogP contribution in [0.15, 0.2) is 25.3 Å². The van der Waals surface area contributed by atoms with Gasteiger partial charge in [0.15, 0.2) is 0 Å². The molecule has 0 saturated carbocycles. The van der Waals surface area contributed by atoms with Gasteiger partial charge < -0.3 is 5.32 Å². The highest BCUT2D eigenvalue weighted by Gasteiger charge is 1.79. The minimum Gasteiger partial charge on any atom is -0.316 e. The highest BCUT2D eigenvalue weighted by molar-refractivity contribution is 14.0. The largest absolute Gasteiger partial charge is 0.316 e. The van der Waals surface area contributed by atoms with Crippen molar-refractivity contribution in [3.63, 3.8) is 0 Å². The summed E-state index contributed by atoms with van der Waals surface area (Å²) in [4.78, 5) is 0. The lowest BCUT2D eigenvalue weighted by molar-refractivity contribution is 0.698. The Bertz CT molecular complexity index is 71.3. The van der Waals surface area contributed by atoms with E-state index in [9.17, 15) is 0 Å². The van der Waals surface area contributed by atoms with E-state index in [1.165, 1.54) is 0 Å². The van der Waals surface area contributed by atoms with Crippen LogP contribution in [-0.2, 0) is 0 Å². The third kappa shape index (κ3) is 11.0. The van der Waals surface area contributed by atoms with Crippen molar-refractivity contribution in [2.45, 2.75) is 12.8 Å². The van der Waals surface area contributed by atoms with Crippen molar-refractivity contribution in [1.29, 1.82) is 0 Å². The Balaban J connectivity index is 0. The van der Waals surface area contributed by atoms with Crippen molar-refractivity contribution in [2.24, 2.45) is 0 Å². The molecule has 0 unspecified atom stereocenters. The van der Waals surface area contributed by atoms with Gasteiger partial charge in [-0.25, -0.2) is 0 Å². The maximum absolute atomic E-state index is 3.62. The van der Waals surface area contributed by atoms with Crippen LogP contribution in [0.25, 0.3) is 0 Å². The highest BCUT2D eigenvalue weighted by atomic mass is 127. The van der Waals surface area contributed by atoms with Crippen LogP contribution in [0.1, 0.15) is 12.8 Å². The summed E-state index contributed by atoms with van der Waals surface area (Å²) in [5.41, 5.74) is 0. The molecule has 0 aromatic rings. The zero-order valence-corrected chi connectivity index (χ0v) is 8.64. The molecule has 0 fully saturated rings. The van der Waals surface area contributed by atoms with E-state index in [0.717, 1.165) is 25.9 Å². The molecule has 0 atom stereocenters. The minimum atomic E-state index is 0. The van der Waals surface area contributed by atoms with Gasteiger partial charge in [-0.2, -0.15) is 0 Å². The molecule has 1 nitrogen and oxygen atoms in total. The molecule has 0 aliphatic heterocycles. The topological polar surface area (TPSA) is 12.0 Å². The molecule has 0 rings (SSSR count). The first-order valence-corrected chi connectivity index (χ1v) is 3.34. The van der Waals surface area contributed by atoms with Crippen molar-refractivity contribution < 1.29 is 0 Å². The van der Waals surface area contributed by atoms with E-state index in [4.69, 9.17) is 0 Å². The van der Waals surface area contributed by atoms with E-state index in [0.29, 0.717) is 0 Å². The first-order valence-electron chi connectivity index (χ1n) is 3.34. The molecule has 1 N–H and O–H groups in total. The van der Waals surface area contributed by atoms with Gasteiger partial charge in [0.25, 0.3) is 0 Å². The van der Waals surface area contributed by atoms with Gasteiger partial charge in [0, 0.05) is 0 Å². The summed E-state index contributed by atoms with van der Waals surface area (Å²) in [6, 6.07) is 0. The molecule has 0 aromatic carbocycles. The molecule has 0 aromatic heterocycles. The normalized spacial score (nSPS) is 8.00. The molecular weight excluding hydrogens is 237 g/mol. The summed E-state index contributed by atoms with van der Waals surface area (Å²) in [5, 5.41) is 3.24. The predicted octanol–water partition coefficient (Wildman–Crippen LogP) is 2.35. The molecule has 10 heavy (non-hydrogen) atoms. The van der Waals surface area contributed by atoms with Crippen LogP contribution in [0.4, 0.5) is 0 Å². The van der Waals surface area contributed by atoms with E-state index in [1.807, 2.05) is 12.2 Å². The Morgan fingerprint density at radius 3 is 1.70 bits per heavy atom. The second-order valence-electron chi connectivity index (χ2n) is 1.90. The van der Waals surface area contributed by atoms with Crippen molar-refractivity contribution in [3.8, 4) is 0 Å². The third-order valence-electron chi connectivity index (χ3n) is 1.05. The molecule has 0 radical (unpaired) electrons. The van der Waals surface area contributed by atoms with Crippen molar-refractivity contribution in [1.82, 2.24) is 5.32 Å². The molecule has 2 heteroatoms. The van der Waals surface area contributed by atoms with Gasteiger partial charge in [-0.15, -0.1) is 37.1 Å². The number of nitrogens with one attached hydrogen (secondary N) is 1. The third-order valence-corrected chi connectivity index (χ3v) is 1.05. The Hall–Kier alpha value is 0.170. The maximum atomic E-state index is 3.62. The minimum absolute atomic E-state index is 0. The zero-order chi connectivity index (χ0) is 6.95. The SMILES string of the molecule is C=CCCNCCC=C.I. The fourth-order valence-corrected chi connectivity index (χ4v) is 0.533. The van der Waals surface area contributed by atoms with E-state index < -0.39 is 0 Å². The molecule has 0 spiro atoms. The molecule has 0 bridgehead atoms. The molecular formula is C8H16IN. The van der Waals surface area contributed by atoms with Crippen LogP contribution in [0.5, 0.6) is 0 Å². The quantitative estimate of drug-likeness (QED) is 0.435. The van der Waals surface area contributed by atoms with Crippen molar-refractivity contribution in [2.75, 3.05) is 13.1 Å². The lowest BCUT2D eigenvalue weighted by atomic mass is 10.4. The summed E-state index contributed by atoms with van der Waals surface area (Å²) in [7, 11) is 0. The standard InChI is InChI=1S/C8H15N.HI/c1-3-5-7-9-8-6-4-2;/h3-4,9H,1-2,5-8H2;1H. The summed E-state index contributed by atoms with van der Waals surface area (Å²) >= 11 is 0. The van der Waals surface area contributed by atoms with Crippen molar-refractivity contribution in [3.05, 3.63) is 25.3 Å². The molecule has 0 heterocycles. The van der Waals surface area contributed by atoms with E-state index >= 15 is 0 Å². The smallest absolute Gasteiger partial charge is 0.00142 e. The first-order chi connectivity index (χ1) is 4.41. The number of hydrogen-bond donors (Lipinski definition) is 1. The van der Waals surface area contributed by atoms with Crippen molar-refractivity contribution >= 4 is 24.0 Å². The van der Waals surface area contributed by atoms with Gasteiger partial charge in [0.05, 0.1) is 0 Å². The van der Waals surface area contributed by atoms with Gasteiger partial charge in [0.2, 0.25) is 0 Å². The van der Waals surface area contributed by atoms with E-state index in [-0.39, 0.29) is 24.0 Å². The average Bonchev–Trinajstić information content (AvgIpc) is 1.89. The highest BCUT2D eigenvalue weighted by Crippen LogP contribution is 1.77. The first kappa shape index (κ1) is 12.8. The van der Waals surface area contributed by atoms with E-state index in [1.54, 1.807) is 0 Å². The van der Waals surface area contributed by atoms with Crippen LogP contribution in [0.3, 0.4) is 0 Å².